The van der Waals surface area contributed by atoms with Gasteiger partial charge in [0.25, 0.3) is 0 Å². The van der Waals surface area contributed by atoms with Gasteiger partial charge in [-0.05, 0) is 17.7 Å². The molecule has 4 rings (SSSR count). The third-order valence-electron chi connectivity index (χ3n) is 4.48. The van der Waals surface area contributed by atoms with Crippen molar-refractivity contribution in [3.05, 3.63) is 70.8 Å². The molecular weight excluding hydrogens is 358 g/mol. The molecule has 25 heavy (non-hydrogen) atoms. The van der Waals surface area contributed by atoms with Crippen LogP contribution in [-0.2, 0) is 14.3 Å². The molecule has 0 unspecified atom stereocenters. The average Bonchev–Trinajstić information content (AvgIpc) is 3.10. The minimum Gasteiger partial charge on any atom is -0.452 e. The molecular formula is C19H16ClNO3S. The van der Waals surface area contributed by atoms with E-state index in [4.69, 9.17) is 16.3 Å². The molecule has 3 atom stereocenters. The third-order valence-corrected chi connectivity index (χ3v) is 6.07. The number of hydrogen-bond acceptors (Lipinski definition) is 4. The van der Waals surface area contributed by atoms with Crippen molar-refractivity contribution in [3.8, 4) is 0 Å². The van der Waals surface area contributed by atoms with Gasteiger partial charge in [0.05, 0.1) is 0 Å². The van der Waals surface area contributed by atoms with Gasteiger partial charge in [-0.1, -0.05) is 54.1 Å². The molecule has 4 nitrogen and oxygen atoms in total. The second-order valence-electron chi connectivity index (χ2n) is 6.02. The van der Waals surface area contributed by atoms with Crippen LogP contribution in [0.5, 0.6) is 0 Å². The van der Waals surface area contributed by atoms with Gasteiger partial charge >= 0.3 is 5.97 Å². The van der Waals surface area contributed by atoms with Crippen molar-refractivity contribution in [2.24, 2.45) is 5.92 Å². The highest BCUT2D eigenvalue weighted by Crippen LogP contribution is 2.42. The number of benzene rings is 1. The zero-order chi connectivity index (χ0) is 17.4. The van der Waals surface area contributed by atoms with E-state index in [1.54, 1.807) is 22.7 Å². The topological polar surface area (TPSA) is 46.6 Å². The van der Waals surface area contributed by atoms with Crippen LogP contribution in [0.25, 0.3) is 0 Å². The number of thioether (sulfide) groups is 1. The van der Waals surface area contributed by atoms with E-state index in [0.29, 0.717) is 11.6 Å². The fourth-order valence-corrected chi connectivity index (χ4v) is 4.84. The molecule has 0 bridgehead atoms. The Morgan fingerprint density at radius 1 is 1.28 bits per heavy atom. The van der Waals surface area contributed by atoms with E-state index in [9.17, 15) is 9.59 Å². The van der Waals surface area contributed by atoms with E-state index in [0.717, 1.165) is 16.9 Å². The second kappa shape index (κ2) is 6.73. The van der Waals surface area contributed by atoms with Gasteiger partial charge in [-0.3, -0.25) is 9.59 Å². The number of halogens is 1. The molecule has 1 aromatic carbocycles. The lowest BCUT2D eigenvalue weighted by molar-refractivity contribution is -0.156. The van der Waals surface area contributed by atoms with Gasteiger partial charge in [-0.15, -0.1) is 11.8 Å². The molecule has 1 saturated heterocycles. The standard InChI is InChI=1S/C19H16ClNO3S/c20-15-7-3-2-6-13(15)18-21(9-10-25-18)17(22)14-11-12-5-1-4-8-16(12)24-19(14)23/h1-8,11,14,16,18H,9-10H2/t14-,16+,18+/m0/s1. The predicted molar refractivity (Wildman–Crippen MR) is 98.1 cm³/mol. The molecule has 1 aromatic rings. The van der Waals surface area contributed by atoms with Gasteiger partial charge in [-0.2, -0.15) is 0 Å². The second-order valence-corrected chi connectivity index (χ2v) is 7.62. The molecule has 128 valence electrons. The fraction of sp³-hybridized carbons (Fsp3) is 0.263. The first-order chi connectivity index (χ1) is 12.1. The first-order valence-electron chi connectivity index (χ1n) is 8.09. The van der Waals surface area contributed by atoms with Crippen molar-refractivity contribution in [2.75, 3.05) is 12.3 Å². The summed E-state index contributed by atoms with van der Waals surface area (Å²) in [4.78, 5) is 27.1. The van der Waals surface area contributed by atoms with Crippen molar-refractivity contribution < 1.29 is 14.3 Å². The monoisotopic (exact) mass is 373 g/mol. The van der Waals surface area contributed by atoms with E-state index in [1.165, 1.54) is 0 Å². The lowest BCUT2D eigenvalue weighted by Gasteiger charge is -2.31. The van der Waals surface area contributed by atoms with Crippen molar-refractivity contribution in [2.45, 2.75) is 11.5 Å². The Kier molecular flexibility index (Phi) is 4.44. The fourth-order valence-electron chi connectivity index (χ4n) is 3.23. The van der Waals surface area contributed by atoms with Crippen LogP contribution >= 0.6 is 23.4 Å². The molecule has 6 heteroatoms. The van der Waals surface area contributed by atoms with E-state index in [1.807, 2.05) is 48.6 Å². The van der Waals surface area contributed by atoms with Gasteiger partial charge in [0.2, 0.25) is 5.91 Å². The Morgan fingerprint density at radius 2 is 2.12 bits per heavy atom. The van der Waals surface area contributed by atoms with Crippen LogP contribution in [0, 0.1) is 5.92 Å². The number of fused-ring (bicyclic) bond motifs is 1. The quantitative estimate of drug-likeness (QED) is 0.588. The molecule has 0 aromatic heterocycles. The lowest BCUT2D eigenvalue weighted by Crippen LogP contribution is -2.42. The van der Waals surface area contributed by atoms with Crippen LogP contribution in [-0.4, -0.2) is 35.2 Å². The van der Waals surface area contributed by atoms with Gasteiger partial charge in [0.15, 0.2) is 5.92 Å². The number of rotatable bonds is 2. The minimum absolute atomic E-state index is 0.174. The summed E-state index contributed by atoms with van der Waals surface area (Å²) in [6.45, 7) is 0.589. The Labute approximate surface area is 155 Å². The maximum absolute atomic E-state index is 13.1. The molecule has 0 radical (unpaired) electrons. The van der Waals surface area contributed by atoms with Gasteiger partial charge in [0.1, 0.15) is 11.5 Å². The molecule has 1 amide bonds. The first-order valence-corrected chi connectivity index (χ1v) is 9.51. The zero-order valence-electron chi connectivity index (χ0n) is 13.3. The molecule has 0 saturated carbocycles. The highest BCUT2D eigenvalue weighted by Gasteiger charge is 2.41. The van der Waals surface area contributed by atoms with E-state index in [2.05, 4.69) is 0 Å². The van der Waals surface area contributed by atoms with Crippen LogP contribution < -0.4 is 0 Å². The van der Waals surface area contributed by atoms with E-state index >= 15 is 0 Å². The van der Waals surface area contributed by atoms with Crippen LogP contribution in [0.15, 0.2) is 60.2 Å². The smallest absolute Gasteiger partial charge is 0.323 e. The molecule has 2 aliphatic heterocycles. The summed E-state index contributed by atoms with van der Waals surface area (Å²) in [6, 6.07) is 7.51. The summed E-state index contributed by atoms with van der Waals surface area (Å²) in [5.41, 5.74) is 1.75. The Morgan fingerprint density at radius 3 is 2.96 bits per heavy atom. The van der Waals surface area contributed by atoms with Gasteiger partial charge in [0, 0.05) is 22.9 Å². The lowest BCUT2D eigenvalue weighted by atomic mass is 9.94. The number of carbonyl (C=O) groups excluding carboxylic acids is 2. The maximum atomic E-state index is 13.1. The maximum Gasteiger partial charge on any atom is 0.323 e. The molecule has 1 aliphatic carbocycles. The largest absolute Gasteiger partial charge is 0.452 e. The molecule has 2 heterocycles. The van der Waals surface area contributed by atoms with Crippen LogP contribution in [0.2, 0.25) is 5.02 Å². The predicted octanol–water partition coefficient (Wildman–Crippen LogP) is 3.51. The number of hydrogen-bond donors (Lipinski definition) is 0. The van der Waals surface area contributed by atoms with E-state index in [-0.39, 0.29) is 17.4 Å². The van der Waals surface area contributed by atoms with Gasteiger partial charge < -0.3 is 9.64 Å². The van der Waals surface area contributed by atoms with Crippen molar-refractivity contribution in [3.63, 3.8) is 0 Å². The van der Waals surface area contributed by atoms with Gasteiger partial charge in [-0.25, -0.2) is 0 Å². The zero-order valence-corrected chi connectivity index (χ0v) is 14.9. The van der Waals surface area contributed by atoms with Crippen LogP contribution in [0.3, 0.4) is 0 Å². The summed E-state index contributed by atoms with van der Waals surface area (Å²) >= 11 is 7.97. The van der Waals surface area contributed by atoms with Crippen molar-refractivity contribution in [1.82, 2.24) is 4.90 Å². The SMILES string of the molecule is O=C1O[C@@H]2C=CC=CC2=C[C@H]1C(=O)N1CCS[C@@H]1c1ccccc1Cl. The number of allylic oxidation sites excluding steroid dienone is 2. The average molecular weight is 374 g/mol. The van der Waals surface area contributed by atoms with Crippen LogP contribution in [0.1, 0.15) is 10.9 Å². The number of carbonyl (C=O) groups is 2. The Balaban J connectivity index is 1.62. The molecule has 0 spiro atoms. The molecule has 3 aliphatic rings. The summed E-state index contributed by atoms with van der Waals surface area (Å²) in [5, 5.41) is 0.455. The van der Waals surface area contributed by atoms with Crippen LogP contribution in [0.4, 0.5) is 0 Å². The van der Waals surface area contributed by atoms with Crippen molar-refractivity contribution in [1.29, 1.82) is 0 Å². The minimum atomic E-state index is -0.897. The highest BCUT2D eigenvalue weighted by molar-refractivity contribution is 7.99. The normalized spacial score (nSPS) is 27.7. The highest BCUT2D eigenvalue weighted by atomic mass is 35.5. The summed E-state index contributed by atoms with van der Waals surface area (Å²) in [5.74, 6) is -0.806. The molecule has 0 N–H and O–H groups in total. The Bertz CT molecular complexity index is 817. The summed E-state index contributed by atoms with van der Waals surface area (Å²) in [7, 11) is 0. The molecule has 1 fully saturated rings. The first kappa shape index (κ1) is 16.5. The summed E-state index contributed by atoms with van der Waals surface area (Å²) < 4.78 is 5.42. The number of amides is 1. The Hall–Kier alpha value is -1.98. The number of nitrogens with zero attached hydrogens (tertiary/aromatic N) is 1. The number of esters is 1. The van der Waals surface area contributed by atoms with E-state index < -0.39 is 11.9 Å². The third kappa shape index (κ3) is 3.02. The number of ether oxygens (including phenoxy) is 1. The summed E-state index contributed by atoms with van der Waals surface area (Å²) in [6.07, 6.45) is 8.74. The van der Waals surface area contributed by atoms with Crippen molar-refractivity contribution >= 4 is 35.2 Å².